The van der Waals surface area contributed by atoms with Crippen LogP contribution in [-0.4, -0.2) is 101 Å². The maximum atomic E-state index is 14.8. The van der Waals surface area contributed by atoms with E-state index in [4.69, 9.17) is 37.8 Å². The van der Waals surface area contributed by atoms with Crippen molar-refractivity contribution in [3.8, 4) is 28.7 Å². The molecule has 3 aromatic rings. The lowest BCUT2D eigenvalue weighted by atomic mass is 9.86. The maximum Gasteiger partial charge on any atom is 0.312 e. The van der Waals surface area contributed by atoms with Gasteiger partial charge in [0.05, 0.1) is 42.1 Å². The first-order valence-electron chi connectivity index (χ1n) is 22.1. The number of ether oxygens (including phenoxy) is 6. The Kier molecular flexibility index (Phi) is 12.9. The highest BCUT2D eigenvalue weighted by atomic mass is 16.7. The highest BCUT2D eigenvalue weighted by molar-refractivity contribution is 6.22. The number of rotatable bonds is 7. The minimum atomic E-state index is -2.04. The highest BCUT2D eigenvalue weighted by Gasteiger charge is 2.51. The third kappa shape index (κ3) is 8.58. The minimum absolute atomic E-state index is 0.0174. The van der Waals surface area contributed by atoms with Gasteiger partial charge in [0, 0.05) is 74.5 Å². The summed E-state index contributed by atoms with van der Waals surface area (Å²) in [5, 5.41) is 25.7. The van der Waals surface area contributed by atoms with Crippen molar-refractivity contribution in [2.75, 3.05) is 37.5 Å². The van der Waals surface area contributed by atoms with Gasteiger partial charge in [0.15, 0.2) is 11.3 Å². The predicted octanol–water partition coefficient (Wildman–Crippen LogP) is 6.63. The summed E-state index contributed by atoms with van der Waals surface area (Å²) in [7, 11) is 3.35. The quantitative estimate of drug-likeness (QED) is 0.0887. The number of carbonyl (C=O) groups is 3. The Morgan fingerprint density at radius 1 is 1.03 bits per heavy atom. The van der Waals surface area contributed by atoms with E-state index < -0.39 is 77.0 Å². The number of allylic oxidation sites excluding steroid dienone is 2. The van der Waals surface area contributed by atoms with Gasteiger partial charge in [0.1, 0.15) is 58.8 Å². The number of aliphatic hydroxyl groups is 1. The molecule has 6 heterocycles. The molecule has 2 aromatic carbocycles. The number of phenols is 1. The number of Topliss-reactive ketones (excluding diaryl/α,β-unsaturated/α-hetero) is 1. The van der Waals surface area contributed by atoms with Gasteiger partial charge in [0.25, 0.3) is 11.7 Å². The van der Waals surface area contributed by atoms with Crippen LogP contribution in [0, 0.1) is 24.7 Å². The van der Waals surface area contributed by atoms with E-state index in [1.807, 2.05) is 50.1 Å². The number of phenolic OH excluding ortho intramolecular Hbond substituents is 1. The van der Waals surface area contributed by atoms with Gasteiger partial charge in [0.2, 0.25) is 5.43 Å². The van der Waals surface area contributed by atoms with Gasteiger partial charge in [-0.2, -0.15) is 0 Å². The van der Waals surface area contributed by atoms with Crippen LogP contribution in [0.4, 0.5) is 11.5 Å². The van der Waals surface area contributed by atoms with Crippen LogP contribution >= 0.6 is 0 Å². The van der Waals surface area contributed by atoms with E-state index in [0.29, 0.717) is 17.8 Å². The van der Waals surface area contributed by atoms with Crippen molar-refractivity contribution < 1.29 is 57.4 Å². The average molecular weight is 919 g/mol. The van der Waals surface area contributed by atoms with Gasteiger partial charge in [-0.25, -0.2) is 9.97 Å². The van der Waals surface area contributed by atoms with Crippen molar-refractivity contribution in [3.05, 3.63) is 100 Å². The fourth-order valence-corrected chi connectivity index (χ4v) is 9.04. The lowest BCUT2D eigenvalue weighted by Crippen LogP contribution is -2.46. The summed E-state index contributed by atoms with van der Waals surface area (Å²) >= 11 is 0. The molecule has 0 spiro atoms. The largest absolute Gasteiger partial charge is 0.507 e. The first-order valence-corrected chi connectivity index (χ1v) is 22.1. The number of anilines is 2. The summed E-state index contributed by atoms with van der Waals surface area (Å²) in [5.74, 6) is -4.83. The Bertz CT molecular complexity index is 2880. The Balaban J connectivity index is 1.26. The molecular weight excluding hydrogens is 865 g/mol. The summed E-state index contributed by atoms with van der Waals surface area (Å²) in [6, 6.07) is 10.6. The van der Waals surface area contributed by atoms with Gasteiger partial charge in [-0.15, -0.1) is 0 Å². The van der Waals surface area contributed by atoms with Crippen LogP contribution in [0.5, 0.6) is 17.2 Å². The first kappa shape index (κ1) is 46.7. The number of methoxy groups -OCH3 is 1. The molecule has 0 saturated carbocycles. The number of likely N-dealkylation sites (N-methyl/N-ethyl adjacent to an activating group) is 1. The van der Waals surface area contributed by atoms with Crippen LogP contribution in [0.2, 0.25) is 0 Å². The van der Waals surface area contributed by atoms with Crippen molar-refractivity contribution in [3.63, 3.8) is 0 Å². The number of fused-ring (bicyclic) bond motifs is 9. The highest BCUT2D eigenvalue weighted by Crippen LogP contribution is 2.50. The molecule has 1 saturated heterocycles. The molecule has 1 aliphatic carbocycles. The third-order valence-corrected chi connectivity index (χ3v) is 12.9. The molecule has 3 N–H and O–H groups in total. The maximum absolute atomic E-state index is 14.8. The summed E-state index contributed by atoms with van der Waals surface area (Å²) in [6.07, 6.45) is 5.27. The normalized spacial score (nSPS) is 28.2. The monoisotopic (exact) mass is 918 g/mol. The fourth-order valence-electron chi connectivity index (χ4n) is 9.04. The Labute approximate surface area is 386 Å². The van der Waals surface area contributed by atoms with E-state index in [-0.39, 0.29) is 68.5 Å². The molecule has 1 aromatic heterocycles. The minimum Gasteiger partial charge on any atom is -0.507 e. The van der Waals surface area contributed by atoms with E-state index in [2.05, 4.69) is 10.3 Å². The molecule has 17 nitrogen and oxygen atoms in total. The number of hydrogen-bond donors (Lipinski definition) is 3. The van der Waals surface area contributed by atoms with E-state index in [0.717, 1.165) is 5.82 Å². The topological polar surface area (TPSA) is 218 Å². The number of hydrogen-bond acceptors (Lipinski definition) is 16. The second kappa shape index (κ2) is 18.5. The number of carbonyl (C=O) groups excluding carboxylic acids is 3. The van der Waals surface area contributed by atoms with Crippen molar-refractivity contribution >= 4 is 51.0 Å². The third-order valence-electron chi connectivity index (χ3n) is 12.9. The number of aromatic hydroxyl groups is 1. The molecule has 67 heavy (non-hydrogen) atoms. The van der Waals surface area contributed by atoms with E-state index in [1.165, 1.54) is 40.2 Å². The number of benzene rings is 3. The molecule has 0 unspecified atom stereocenters. The zero-order valence-electron chi connectivity index (χ0n) is 38.7. The van der Waals surface area contributed by atoms with Gasteiger partial charge in [-0.1, -0.05) is 45.1 Å². The standard InChI is InChI=1S/C50H54N4O13/c1-24-13-12-14-25(2)49(60)53-39-42(58)36-35(38-46(39)65-33-23-30(16-17-31(33)52-38)62-22-20-54(8)34-15-10-11-19-51-34)37-44(27(4)40(36)56)67-50(7,48(37)59)63-21-18-32(61-9)26(3)45(64-29(6)55)47-41(57)28(5)43(24)66-47/h10-19,21,23-24,26,28,32,41,43,45,47,56-57H,20,22H2,1-9H3,(H,53,60)/b13-12+,21-18+,25-14-/t24-,26+,28-,32-,41+,43-,45+,47+,50-/m0/s1. The lowest BCUT2D eigenvalue weighted by molar-refractivity contribution is -0.168. The molecule has 6 aliphatic rings. The molecule has 5 aliphatic heterocycles. The summed E-state index contributed by atoms with van der Waals surface area (Å²) in [4.78, 5) is 67.3. The number of aliphatic hydroxyl groups excluding tert-OH is 1. The number of pyridine rings is 1. The predicted molar refractivity (Wildman–Crippen MR) is 247 cm³/mol. The molecule has 1 fully saturated rings. The first-order chi connectivity index (χ1) is 31.9. The van der Waals surface area contributed by atoms with Crippen LogP contribution in [0.3, 0.4) is 0 Å². The molecule has 7 bridgehead atoms. The second-order valence-electron chi connectivity index (χ2n) is 17.5. The van der Waals surface area contributed by atoms with Crippen LogP contribution in [0.25, 0.3) is 33.3 Å². The zero-order valence-corrected chi connectivity index (χ0v) is 38.7. The molecule has 1 amide bonds. The Morgan fingerprint density at radius 2 is 1.81 bits per heavy atom. The van der Waals surface area contributed by atoms with Gasteiger partial charge < -0.3 is 53.3 Å². The van der Waals surface area contributed by atoms with E-state index in [1.54, 1.807) is 50.4 Å². The van der Waals surface area contributed by atoms with Crippen LogP contribution in [-0.2, 0) is 28.5 Å². The summed E-state index contributed by atoms with van der Waals surface area (Å²) < 4.78 is 43.0. The molecule has 352 valence electrons. The number of amides is 1. The lowest BCUT2D eigenvalue weighted by Gasteiger charge is -2.33. The molecular formula is C50H54N4O13. The number of esters is 1. The second-order valence-corrected chi connectivity index (χ2v) is 17.5. The van der Waals surface area contributed by atoms with E-state index in [9.17, 15) is 29.4 Å². The molecule has 0 radical (unpaired) electrons. The number of aromatic nitrogens is 2. The van der Waals surface area contributed by atoms with Gasteiger partial charge in [-0.05, 0) is 44.2 Å². The number of nitrogens with one attached hydrogen (secondary N) is 1. The van der Waals surface area contributed by atoms with Gasteiger partial charge >= 0.3 is 11.8 Å². The fraction of sp³-hybridized carbons (Fsp3) is 0.400. The zero-order chi connectivity index (χ0) is 48.1. The smallest absolute Gasteiger partial charge is 0.312 e. The molecule has 17 heteroatoms. The van der Waals surface area contributed by atoms with Crippen molar-refractivity contribution in [2.45, 2.75) is 84.8 Å². The Hall–Kier alpha value is -6.82. The van der Waals surface area contributed by atoms with Gasteiger partial charge in [-0.3, -0.25) is 19.2 Å². The number of nitrogens with zero attached hydrogens (tertiary/aromatic N) is 3. The summed E-state index contributed by atoms with van der Waals surface area (Å²) in [5.41, 5.74) is -0.522. The SMILES string of the molecule is CO[C@H]1/C=C/O[C@@]2(C)Oc3c(C)c(O)c4c(=O)c(c5oc6cc(OCCN(C)c7ccccn7)ccc6nc-5c4c3C2=O)NC(=O)/C(C)=C\C=C\[C@H](C)[C@@H]2O[C@H]([C@H](O)[C@@H]2C)[C@H](OC(C)=O)[C@@H]1C. The molecule has 9 rings (SSSR count). The number of ketones is 1. The Morgan fingerprint density at radius 3 is 2.52 bits per heavy atom. The van der Waals surface area contributed by atoms with E-state index >= 15 is 0 Å². The van der Waals surface area contributed by atoms with Crippen molar-refractivity contribution in [2.24, 2.45) is 17.8 Å². The van der Waals surface area contributed by atoms with Crippen LogP contribution in [0.1, 0.15) is 57.5 Å². The van der Waals surface area contributed by atoms with Crippen molar-refractivity contribution in [1.82, 2.24) is 9.97 Å². The molecule has 9 atom stereocenters. The summed E-state index contributed by atoms with van der Waals surface area (Å²) in [6.45, 7) is 12.0. The van der Waals surface area contributed by atoms with Crippen LogP contribution < -0.4 is 25.1 Å². The average Bonchev–Trinajstić information content (AvgIpc) is 3.75. The van der Waals surface area contributed by atoms with Crippen LogP contribution in [0.15, 0.2) is 87.9 Å². The van der Waals surface area contributed by atoms with Crippen molar-refractivity contribution in [1.29, 1.82) is 0 Å².